The van der Waals surface area contributed by atoms with Crippen molar-refractivity contribution in [2.24, 2.45) is 11.3 Å². The first-order chi connectivity index (χ1) is 15.6. The van der Waals surface area contributed by atoms with Gasteiger partial charge in [0.2, 0.25) is 5.91 Å². The molecular weight excluding hydrogens is 398 g/mol. The lowest BCUT2D eigenvalue weighted by Gasteiger charge is -2.52. The molecule has 5 heteroatoms. The number of nitrogens with zero attached hydrogens (tertiary/aromatic N) is 2. The van der Waals surface area contributed by atoms with Crippen molar-refractivity contribution in [3.8, 4) is 5.75 Å². The molecular formula is C27H29N3O2. The van der Waals surface area contributed by atoms with Gasteiger partial charge in [0.1, 0.15) is 5.75 Å². The summed E-state index contributed by atoms with van der Waals surface area (Å²) in [6.07, 6.45) is 0.373. The van der Waals surface area contributed by atoms with E-state index < -0.39 is 0 Å². The molecule has 3 aromatic carbocycles. The lowest BCUT2D eigenvalue weighted by atomic mass is 9.71. The van der Waals surface area contributed by atoms with Gasteiger partial charge in [-0.2, -0.15) is 0 Å². The van der Waals surface area contributed by atoms with Gasteiger partial charge < -0.3 is 20.2 Å². The van der Waals surface area contributed by atoms with Gasteiger partial charge in [-0.1, -0.05) is 48.5 Å². The molecule has 2 aliphatic rings. The van der Waals surface area contributed by atoms with Crippen LogP contribution in [0.4, 0.5) is 11.4 Å². The zero-order valence-corrected chi connectivity index (χ0v) is 18.2. The predicted molar refractivity (Wildman–Crippen MR) is 128 cm³/mol. The molecule has 3 aromatic rings. The minimum Gasteiger partial charge on any atom is -0.508 e. The lowest BCUT2D eigenvalue weighted by molar-refractivity contribution is -0.130. The van der Waals surface area contributed by atoms with E-state index in [1.807, 2.05) is 41.3 Å². The van der Waals surface area contributed by atoms with Gasteiger partial charge in [-0.05, 0) is 42.0 Å². The molecule has 1 amide bonds. The molecule has 5 rings (SSSR count). The van der Waals surface area contributed by atoms with Gasteiger partial charge in [0.25, 0.3) is 0 Å². The Morgan fingerprint density at radius 2 is 1.56 bits per heavy atom. The van der Waals surface area contributed by atoms with Crippen LogP contribution < -0.4 is 10.2 Å². The van der Waals surface area contributed by atoms with E-state index in [-0.39, 0.29) is 17.1 Å². The first-order valence-electron chi connectivity index (χ1n) is 11.3. The number of carbonyl (C=O) groups is 1. The van der Waals surface area contributed by atoms with Crippen LogP contribution in [0.2, 0.25) is 0 Å². The highest BCUT2D eigenvalue weighted by Gasteiger charge is 2.54. The smallest absolute Gasteiger partial charge is 0.227 e. The number of phenols is 1. The summed E-state index contributed by atoms with van der Waals surface area (Å²) in [6, 6.07) is 27.8. The van der Waals surface area contributed by atoms with Crippen LogP contribution in [0.25, 0.3) is 0 Å². The molecule has 0 saturated carbocycles. The van der Waals surface area contributed by atoms with Crippen LogP contribution >= 0.6 is 0 Å². The van der Waals surface area contributed by atoms with Crippen LogP contribution in [0.1, 0.15) is 5.56 Å². The molecule has 5 nitrogen and oxygen atoms in total. The standard InChI is InChI=1S/C27H29N3O2/c31-25-13-11-21(12-14-25)15-26(32)29-17-22(16-28-23-7-3-1-4-8-23)27(18-29)19-30(20-27)24-9-5-2-6-10-24/h1-14,22,28,31H,15-20H2. The maximum absolute atomic E-state index is 13.1. The minimum atomic E-state index is 0.113. The van der Waals surface area contributed by atoms with E-state index >= 15 is 0 Å². The molecule has 0 bridgehead atoms. The number of carbonyl (C=O) groups excluding carboxylic acids is 1. The first kappa shape index (κ1) is 20.4. The molecule has 32 heavy (non-hydrogen) atoms. The van der Waals surface area contributed by atoms with Crippen LogP contribution in [-0.2, 0) is 11.2 Å². The van der Waals surface area contributed by atoms with E-state index in [2.05, 4.69) is 46.6 Å². The summed E-state index contributed by atoms with van der Waals surface area (Å²) in [6.45, 7) is 4.38. The van der Waals surface area contributed by atoms with Crippen LogP contribution in [0.3, 0.4) is 0 Å². The van der Waals surface area contributed by atoms with Crippen LogP contribution in [0.15, 0.2) is 84.9 Å². The van der Waals surface area contributed by atoms with E-state index in [1.54, 1.807) is 12.1 Å². The summed E-state index contributed by atoms with van der Waals surface area (Å²) >= 11 is 0. The van der Waals surface area contributed by atoms with Crippen molar-refractivity contribution >= 4 is 17.3 Å². The average Bonchev–Trinajstić information content (AvgIpc) is 3.20. The van der Waals surface area contributed by atoms with Crippen LogP contribution in [-0.4, -0.2) is 48.6 Å². The number of hydrogen-bond donors (Lipinski definition) is 2. The summed E-state index contributed by atoms with van der Waals surface area (Å²) in [4.78, 5) is 17.6. The van der Waals surface area contributed by atoms with Crippen molar-refractivity contribution in [2.45, 2.75) is 6.42 Å². The summed E-state index contributed by atoms with van der Waals surface area (Å²) < 4.78 is 0. The van der Waals surface area contributed by atoms with Gasteiger partial charge in [-0.15, -0.1) is 0 Å². The maximum Gasteiger partial charge on any atom is 0.227 e. The fraction of sp³-hybridized carbons (Fsp3) is 0.296. The van der Waals surface area contributed by atoms with Crippen molar-refractivity contribution in [1.82, 2.24) is 4.90 Å². The Labute approximate surface area is 189 Å². The lowest BCUT2D eigenvalue weighted by Crippen LogP contribution is -2.61. The molecule has 0 radical (unpaired) electrons. The van der Waals surface area contributed by atoms with E-state index in [9.17, 15) is 9.90 Å². The Morgan fingerprint density at radius 1 is 0.906 bits per heavy atom. The van der Waals surface area contributed by atoms with Gasteiger partial charge >= 0.3 is 0 Å². The third-order valence-corrected chi connectivity index (χ3v) is 6.92. The quantitative estimate of drug-likeness (QED) is 0.624. The maximum atomic E-state index is 13.1. The van der Waals surface area contributed by atoms with E-state index in [1.165, 1.54) is 5.69 Å². The third kappa shape index (κ3) is 4.15. The number of amides is 1. The molecule has 1 spiro atoms. The van der Waals surface area contributed by atoms with Gasteiger partial charge in [-0.3, -0.25) is 4.79 Å². The molecule has 2 saturated heterocycles. The van der Waals surface area contributed by atoms with Gasteiger partial charge in [0, 0.05) is 55.4 Å². The number of hydrogen-bond acceptors (Lipinski definition) is 4. The van der Waals surface area contributed by atoms with E-state index in [0.717, 1.165) is 44.0 Å². The van der Waals surface area contributed by atoms with Gasteiger partial charge in [0.05, 0.1) is 6.42 Å². The number of benzene rings is 3. The van der Waals surface area contributed by atoms with E-state index in [0.29, 0.717) is 12.3 Å². The number of para-hydroxylation sites is 2. The molecule has 0 aliphatic carbocycles. The van der Waals surface area contributed by atoms with Crippen molar-refractivity contribution < 1.29 is 9.90 Å². The van der Waals surface area contributed by atoms with E-state index in [4.69, 9.17) is 0 Å². The molecule has 2 aliphatic heterocycles. The van der Waals surface area contributed by atoms with Crippen molar-refractivity contribution in [1.29, 1.82) is 0 Å². The summed E-state index contributed by atoms with van der Waals surface area (Å²) in [5, 5.41) is 13.1. The highest BCUT2D eigenvalue weighted by Crippen LogP contribution is 2.45. The Bertz CT molecular complexity index is 1050. The molecule has 2 heterocycles. The largest absolute Gasteiger partial charge is 0.508 e. The van der Waals surface area contributed by atoms with Crippen LogP contribution in [0, 0.1) is 11.3 Å². The number of likely N-dealkylation sites (tertiary alicyclic amines) is 1. The summed E-state index contributed by atoms with van der Waals surface area (Å²) in [5.74, 6) is 0.783. The Balaban J connectivity index is 1.29. The normalized spacial score (nSPS) is 19.1. The average molecular weight is 428 g/mol. The zero-order valence-electron chi connectivity index (χ0n) is 18.2. The number of anilines is 2. The summed E-state index contributed by atoms with van der Waals surface area (Å²) in [5.41, 5.74) is 3.42. The second kappa shape index (κ2) is 8.58. The fourth-order valence-electron chi connectivity index (χ4n) is 5.10. The monoisotopic (exact) mass is 427 g/mol. The Kier molecular flexibility index (Phi) is 5.48. The highest BCUT2D eigenvalue weighted by atomic mass is 16.3. The Morgan fingerprint density at radius 3 is 2.25 bits per heavy atom. The van der Waals surface area contributed by atoms with Gasteiger partial charge in [0.15, 0.2) is 0 Å². The number of nitrogens with one attached hydrogen (secondary N) is 1. The fourth-order valence-corrected chi connectivity index (χ4v) is 5.10. The van der Waals surface area contributed by atoms with Crippen molar-refractivity contribution in [3.63, 3.8) is 0 Å². The molecule has 0 aromatic heterocycles. The van der Waals surface area contributed by atoms with Crippen molar-refractivity contribution in [2.75, 3.05) is 42.9 Å². The van der Waals surface area contributed by atoms with Gasteiger partial charge in [-0.25, -0.2) is 0 Å². The molecule has 164 valence electrons. The molecule has 2 fully saturated rings. The second-order valence-electron chi connectivity index (χ2n) is 9.12. The zero-order chi connectivity index (χ0) is 22.0. The minimum absolute atomic E-state index is 0.113. The SMILES string of the molecule is O=C(Cc1ccc(O)cc1)N1CC(CNc2ccccc2)C2(C1)CN(c1ccccc1)C2. The second-order valence-corrected chi connectivity index (χ2v) is 9.12. The van der Waals surface area contributed by atoms with Crippen molar-refractivity contribution in [3.05, 3.63) is 90.5 Å². The predicted octanol–water partition coefficient (Wildman–Crippen LogP) is 4.01. The topological polar surface area (TPSA) is 55.8 Å². The number of rotatable bonds is 6. The number of aromatic hydroxyl groups is 1. The highest BCUT2D eigenvalue weighted by molar-refractivity contribution is 5.79. The third-order valence-electron chi connectivity index (χ3n) is 6.92. The number of phenolic OH excluding ortho intramolecular Hbond substituents is 1. The Hall–Kier alpha value is -3.47. The van der Waals surface area contributed by atoms with Crippen LogP contribution in [0.5, 0.6) is 5.75 Å². The molecule has 1 unspecified atom stereocenters. The summed E-state index contributed by atoms with van der Waals surface area (Å²) in [7, 11) is 0. The molecule has 1 atom stereocenters. The first-order valence-corrected chi connectivity index (χ1v) is 11.3. The molecule has 2 N–H and O–H groups in total.